The number of aryl methyl sites for hydroxylation is 1. The summed E-state index contributed by atoms with van der Waals surface area (Å²) in [5, 5.41) is 29.2. The second-order valence-electron chi connectivity index (χ2n) is 3.87. The van der Waals surface area contributed by atoms with E-state index in [9.17, 15) is 15.3 Å². The molecule has 2 rings (SSSR count). The van der Waals surface area contributed by atoms with Gasteiger partial charge >= 0.3 is 0 Å². The van der Waals surface area contributed by atoms with Crippen molar-refractivity contribution >= 4 is 0 Å². The molecule has 0 bridgehead atoms. The predicted octanol–water partition coefficient (Wildman–Crippen LogP) is 3.03. The van der Waals surface area contributed by atoms with Gasteiger partial charge in [0, 0.05) is 11.1 Å². The number of rotatable bonds is 2. The topological polar surface area (TPSA) is 60.7 Å². The van der Waals surface area contributed by atoms with Crippen LogP contribution in [-0.4, -0.2) is 15.3 Å². The Morgan fingerprint density at radius 3 is 2.41 bits per heavy atom. The Kier molecular flexibility index (Phi) is 2.91. The molecule has 0 radical (unpaired) electrons. The first-order valence-electron chi connectivity index (χ1n) is 5.46. The predicted molar refractivity (Wildman–Crippen MR) is 66.3 cm³/mol. The average molecular weight is 230 g/mol. The highest BCUT2D eigenvalue weighted by Crippen LogP contribution is 2.39. The second kappa shape index (κ2) is 4.37. The molecule has 88 valence electrons. The molecule has 3 nitrogen and oxygen atoms in total. The first kappa shape index (κ1) is 11.3. The van der Waals surface area contributed by atoms with Crippen molar-refractivity contribution in [2.45, 2.75) is 13.3 Å². The van der Waals surface area contributed by atoms with Gasteiger partial charge in [0.25, 0.3) is 0 Å². The summed E-state index contributed by atoms with van der Waals surface area (Å²) in [5.41, 5.74) is 1.94. The van der Waals surface area contributed by atoms with Crippen LogP contribution in [0.5, 0.6) is 17.2 Å². The van der Waals surface area contributed by atoms with E-state index < -0.39 is 0 Å². The third kappa shape index (κ3) is 2.04. The van der Waals surface area contributed by atoms with Crippen LogP contribution in [0, 0.1) is 0 Å². The Morgan fingerprint density at radius 2 is 1.71 bits per heavy atom. The molecule has 0 aliphatic rings. The molecule has 0 saturated heterocycles. The smallest absolute Gasteiger partial charge is 0.123 e. The van der Waals surface area contributed by atoms with Crippen LogP contribution in [0.2, 0.25) is 0 Å². The van der Waals surface area contributed by atoms with Crippen LogP contribution in [-0.2, 0) is 6.42 Å². The van der Waals surface area contributed by atoms with Crippen molar-refractivity contribution in [3.63, 3.8) is 0 Å². The highest BCUT2D eigenvalue weighted by atomic mass is 16.3. The van der Waals surface area contributed by atoms with Crippen molar-refractivity contribution in [1.29, 1.82) is 0 Å². The van der Waals surface area contributed by atoms with Gasteiger partial charge in [0.1, 0.15) is 17.2 Å². The van der Waals surface area contributed by atoms with Crippen LogP contribution in [0.25, 0.3) is 11.1 Å². The fraction of sp³-hybridized carbons (Fsp3) is 0.143. The fourth-order valence-electron chi connectivity index (χ4n) is 1.92. The lowest BCUT2D eigenvalue weighted by Gasteiger charge is -2.12. The van der Waals surface area contributed by atoms with Crippen molar-refractivity contribution in [1.82, 2.24) is 0 Å². The largest absolute Gasteiger partial charge is 0.508 e. The van der Waals surface area contributed by atoms with Crippen LogP contribution in [0.15, 0.2) is 36.4 Å². The highest BCUT2D eigenvalue weighted by molar-refractivity contribution is 5.79. The molecule has 0 heterocycles. The second-order valence-corrected chi connectivity index (χ2v) is 3.87. The molecule has 0 unspecified atom stereocenters. The zero-order valence-electron chi connectivity index (χ0n) is 9.51. The lowest BCUT2D eigenvalue weighted by molar-refractivity contribution is 0.459. The van der Waals surface area contributed by atoms with E-state index in [1.807, 2.05) is 13.0 Å². The van der Waals surface area contributed by atoms with Gasteiger partial charge in [-0.2, -0.15) is 0 Å². The molecule has 0 aliphatic heterocycles. The molecule has 0 fully saturated rings. The van der Waals surface area contributed by atoms with Gasteiger partial charge in [0.2, 0.25) is 0 Å². The minimum Gasteiger partial charge on any atom is -0.508 e. The summed E-state index contributed by atoms with van der Waals surface area (Å²) in [5.74, 6) is 0.201. The summed E-state index contributed by atoms with van der Waals surface area (Å²) >= 11 is 0. The third-order valence-electron chi connectivity index (χ3n) is 2.76. The van der Waals surface area contributed by atoms with E-state index in [2.05, 4.69) is 0 Å². The number of hydrogen-bond acceptors (Lipinski definition) is 3. The Labute approximate surface area is 99.6 Å². The zero-order valence-corrected chi connectivity index (χ0v) is 9.51. The van der Waals surface area contributed by atoms with Gasteiger partial charge in [-0.25, -0.2) is 0 Å². The Balaban J connectivity index is 2.71. The van der Waals surface area contributed by atoms with E-state index in [4.69, 9.17) is 0 Å². The minimum atomic E-state index is 0.0407. The monoisotopic (exact) mass is 230 g/mol. The van der Waals surface area contributed by atoms with Gasteiger partial charge in [-0.05, 0) is 36.2 Å². The minimum absolute atomic E-state index is 0.0407. The molecular weight excluding hydrogens is 216 g/mol. The number of phenolic OH excluding ortho intramolecular Hbond substituents is 3. The lowest BCUT2D eigenvalue weighted by atomic mass is 9.96. The maximum absolute atomic E-state index is 9.90. The van der Waals surface area contributed by atoms with Crippen molar-refractivity contribution in [2.24, 2.45) is 0 Å². The SMILES string of the molecule is CCc1cccc(O)c1-c1cc(O)ccc1O. The van der Waals surface area contributed by atoms with E-state index in [-0.39, 0.29) is 17.2 Å². The van der Waals surface area contributed by atoms with Crippen molar-refractivity contribution in [3.05, 3.63) is 42.0 Å². The molecule has 17 heavy (non-hydrogen) atoms. The van der Waals surface area contributed by atoms with Gasteiger partial charge in [-0.3, -0.25) is 0 Å². The summed E-state index contributed by atoms with van der Waals surface area (Å²) in [6.45, 7) is 1.97. The van der Waals surface area contributed by atoms with Gasteiger partial charge < -0.3 is 15.3 Å². The van der Waals surface area contributed by atoms with Gasteiger partial charge in [0.05, 0.1) is 0 Å². The molecule has 0 atom stereocenters. The standard InChI is InChI=1S/C14H14O3/c1-2-9-4-3-5-13(17)14(9)11-8-10(15)6-7-12(11)16/h3-8,15-17H,2H2,1H3. The maximum Gasteiger partial charge on any atom is 0.123 e. The molecule has 0 saturated carbocycles. The summed E-state index contributed by atoms with van der Waals surface area (Å²) < 4.78 is 0. The fourth-order valence-corrected chi connectivity index (χ4v) is 1.92. The van der Waals surface area contributed by atoms with Gasteiger partial charge in [-0.1, -0.05) is 19.1 Å². The Morgan fingerprint density at radius 1 is 0.941 bits per heavy atom. The number of phenols is 3. The molecular formula is C14H14O3. The van der Waals surface area contributed by atoms with Crippen LogP contribution in [0.3, 0.4) is 0 Å². The summed E-state index contributed by atoms with van der Waals surface area (Å²) in [6.07, 6.45) is 0.735. The van der Waals surface area contributed by atoms with E-state index in [0.29, 0.717) is 11.1 Å². The number of hydrogen-bond donors (Lipinski definition) is 3. The van der Waals surface area contributed by atoms with E-state index in [1.165, 1.54) is 18.2 Å². The molecule has 0 spiro atoms. The molecule has 2 aromatic rings. The van der Waals surface area contributed by atoms with Crippen LogP contribution in [0.1, 0.15) is 12.5 Å². The van der Waals surface area contributed by atoms with Crippen molar-refractivity contribution in [2.75, 3.05) is 0 Å². The molecule has 2 aromatic carbocycles. The average Bonchev–Trinajstić information content (AvgIpc) is 2.32. The van der Waals surface area contributed by atoms with Crippen LogP contribution < -0.4 is 0 Å². The molecule has 3 heteroatoms. The molecule has 0 aromatic heterocycles. The van der Waals surface area contributed by atoms with Crippen LogP contribution in [0.4, 0.5) is 0 Å². The Bertz CT molecular complexity index is 547. The highest BCUT2D eigenvalue weighted by Gasteiger charge is 2.13. The first-order chi connectivity index (χ1) is 8.13. The maximum atomic E-state index is 9.90. The molecule has 0 aliphatic carbocycles. The quantitative estimate of drug-likeness (QED) is 0.695. The summed E-state index contributed by atoms with van der Waals surface area (Å²) in [4.78, 5) is 0. The third-order valence-corrected chi connectivity index (χ3v) is 2.76. The normalized spacial score (nSPS) is 10.4. The van der Waals surface area contributed by atoms with Gasteiger partial charge in [-0.15, -0.1) is 0 Å². The Hall–Kier alpha value is -2.16. The molecule has 3 N–H and O–H groups in total. The molecule has 0 amide bonds. The van der Waals surface area contributed by atoms with E-state index >= 15 is 0 Å². The zero-order chi connectivity index (χ0) is 12.4. The number of benzene rings is 2. The van der Waals surface area contributed by atoms with Gasteiger partial charge in [0.15, 0.2) is 0 Å². The van der Waals surface area contributed by atoms with Crippen molar-refractivity contribution < 1.29 is 15.3 Å². The number of aromatic hydroxyl groups is 3. The van der Waals surface area contributed by atoms with E-state index in [0.717, 1.165) is 12.0 Å². The first-order valence-corrected chi connectivity index (χ1v) is 5.46. The van der Waals surface area contributed by atoms with Crippen LogP contribution >= 0.6 is 0 Å². The van der Waals surface area contributed by atoms with E-state index in [1.54, 1.807) is 12.1 Å². The summed E-state index contributed by atoms with van der Waals surface area (Å²) in [7, 11) is 0. The lowest BCUT2D eigenvalue weighted by Crippen LogP contribution is -1.89. The summed E-state index contributed by atoms with van der Waals surface area (Å²) in [6, 6.07) is 9.48. The van der Waals surface area contributed by atoms with Crippen molar-refractivity contribution in [3.8, 4) is 28.4 Å².